The van der Waals surface area contributed by atoms with Crippen LogP contribution in [0.2, 0.25) is 0 Å². The molecule has 0 bridgehead atoms. The van der Waals surface area contributed by atoms with E-state index in [4.69, 9.17) is 9.47 Å². The van der Waals surface area contributed by atoms with Crippen LogP contribution >= 0.6 is 0 Å². The number of nitrogens with one attached hydrogen (secondary N) is 1. The molecule has 1 saturated heterocycles. The van der Waals surface area contributed by atoms with Crippen molar-refractivity contribution < 1.29 is 44.9 Å². The highest BCUT2D eigenvalue weighted by molar-refractivity contribution is 5.73. The van der Waals surface area contributed by atoms with E-state index in [1.165, 1.54) is 90.4 Å². The summed E-state index contributed by atoms with van der Waals surface area (Å²) in [6, 6.07) is -0.985. The highest BCUT2D eigenvalue weighted by atomic mass is 16.7. The molecule has 0 unspecified atom stereocenters. The van der Waals surface area contributed by atoms with Crippen LogP contribution in [0.3, 0.4) is 0 Å². The Hall–Kier alpha value is -0.850. The van der Waals surface area contributed by atoms with E-state index in [1.807, 2.05) is 0 Å². The van der Waals surface area contributed by atoms with Crippen LogP contribution in [0.4, 0.5) is 0 Å². The minimum Gasteiger partial charge on any atom is -0.394 e. The molecule has 0 aliphatic carbocycles. The zero-order valence-electron chi connectivity index (χ0n) is 25.7. The van der Waals surface area contributed by atoms with E-state index in [0.29, 0.717) is 6.42 Å². The molecular weight excluding hydrogens is 530 g/mol. The summed E-state index contributed by atoms with van der Waals surface area (Å²) in [7, 11) is 0. The Bertz CT molecular complexity index is 639. The first-order chi connectivity index (χ1) is 19.7. The SMILES string of the molecule is CCCCCCCCCCCCCCCCCCC[C@@H](O)[C@@H](O)[C@H](CO[C@H]1O[C@H](CO)[C@H](O)[C@H](O)[C@H]1O)NC(C)=O. The molecular formula is C31H61NO9. The monoisotopic (exact) mass is 591 g/mol. The number of ether oxygens (including phenoxy) is 2. The molecule has 0 spiro atoms. The van der Waals surface area contributed by atoms with Crippen LogP contribution in [-0.2, 0) is 14.3 Å². The van der Waals surface area contributed by atoms with Gasteiger partial charge < -0.3 is 45.4 Å². The predicted octanol–water partition coefficient (Wildman–Crippen LogP) is 3.07. The van der Waals surface area contributed by atoms with Crippen LogP contribution in [-0.4, -0.2) is 98.7 Å². The normalized spacial score (nSPS) is 25.1. The van der Waals surface area contributed by atoms with Crippen LogP contribution in [0, 0.1) is 0 Å². The summed E-state index contributed by atoms with van der Waals surface area (Å²) in [6.45, 7) is 2.61. The Morgan fingerprint density at radius 2 is 1.22 bits per heavy atom. The lowest BCUT2D eigenvalue weighted by atomic mass is 9.98. The van der Waals surface area contributed by atoms with Crippen molar-refractivity contribution in [1.82, 2.24) is 5.32 Å². The molecule has 0 aromatic rings. The van der Waals surface area contributed by atoms with E-state index in [2.05, 4.69) is 12.2 Å². The molecule has 1 amide bonds. The van der Waals surface area contributed by atoms with Crippen molar-refractivity contribution in [2.75, 3.05) is 13.2 Å². The van der Waals surface area contributed by atoms with Crippen LogP contribution in [0.25, 0.3) is 0 Å². The maximum atomic E-state index is 11.7. The third-order valence-electron chi connectivity index (χ3n) is 8.09. The Morgan fingerprint density at radius 3 is 1.66 bits per heavy atom. The van der Waals surface area contributed by atoms with E-state index in [-0.39, 0.29) is 6.61 Å². The quantitative estimate of drug-likeness (QED) is 0.0789. The molecule has 1 fully saturated rings. The summed E-state index contributed by atoms with van der Waals surface area (Å²) in [4.78, 5) is 11.7. The highest BCUT2D eigenvalue weighted by Gasteiger charge is 2.44. The number of hydrogen-bond donors (Lipinski definition) is 7. The van der Waals surface area contributed by atoms with Crippen molar-refractivity contribution in [3.05, 3.63) is 0 Å². The summed E-state index contributed by atoms with van der Waals surface area (Å²) in [5.74, 6) is -0.434. The molecule has 0 radical (unpaired) electrons. The van der Waals surface area contributed by atoms with Gasteiger partial charge in [-0.2, -0.15) is 0 Å². The van der Waals surface area contributed by atoms with Crippen molar-refractivity contribution >= 4 is 5.91 Å². The van der Waals surface area contributed by atoms with E-state index < -0.39 is 61.5 Å². The number of aliphatic hydroxyl groups excluding tert-OH is 6. The van der Waals surface area contributed by atoms with Crippen LogP contribution in [0.1, 0.15) is 129 Å². The summed E-state index contributed by atoms with van der Waals surface area (Å²) in [5.41, 5.74) is 0. The minimum atomic E-state index is -1.60. The molecule has 0 saturated carbocycles. The number of hydrogen-bond acceptors (Lipinski definition) is 9. The van der Waals surface area contributed by atoms with Gasteiger partial charge in [0.25, 0.3) is 0 Å². The smallest absolute Gasteiger partial charge is 0.217 e. The molecule has 1 aliphatic rings. The molecule has 0 aromatic carbocycles. The number of aliphatic hydroxyl groups is 6. The fraction of sp³-hybridized carbons (Fsp3) is 0.968. The minimum absolute atomic E-state index is 0.320. The lowest BCUT2D eigenvalue weighted by Gasteiger charge is -2.40. The maximum absolute atomic E-state index is 11.7. The predicted molar refractivity (Wildman–Crippen MR) is 158 cm³/mol. The van der Waals surface area contributed by atoms with Gasteiger partial charge in [0.2, 0.25) is 5.91 Å². The van der Waals surface area contributed by atoms with Crippen molar-refractivity contribution in [2.24, 2.45) is 0 Å². The fourth-order valence-electron chi connectivity index (χ4n) is 5.41. The van der Waals surface area contributed by atoms with Gasteiger partial charge in [0.05, 0.1) is 25.4 Å². The average molecular weight is 592 g/mol. The molecule has 0 aromatic heterocycles. The Balaban J connectivity index is 2.17. The van der Waals surface area contributed by atoms with Gasteiger partial charge in [-0.1, -0.05) is 116 Å². The van der Waals surface area contributed by atoms with Crippen LogP contribution in [0.15, 0.2) is 0 Å². The Morgan fingerprint density at radius 1 is 0.756 bits per heavy atom. The van der Waals surface area contributed by atoms with Gasteiger partial charge in [-0.15, -0.1) is 0 Å². The van der Waals surface area contributed by atoms with Gasteiger partial charge in [-0.25, -0.2) is 0 Å². The molecule has 41 heavy (non-hydrogen) atoms. The largest absolute Gasteiger partial charge is 0.394 e. The van der Waals surface area contributed by atoms with Crippen molar-refractivity contribution in [3.8, 4) is 0 Å². The van der Waals surface area contributed by atoms with E-state index in [0.717, 1.165) is 25.7 Å². The molecule has 244 valence electrons. The second-order valence-electron chi connectivity index (χ2n) is 11.8. The zero-order valence-corrected chi connectivity index (χ0v) is 25.7. The summed E-state index contributed by atoms with van der Waals surface area (Å²) >= 11 is 0. The van der Waals surface area contributed by atoms with Gasteiger partial charge in [-0.05, 0) is 6.42 Å². The van der Waals surface area contributed by atoms with E-state index in [1.54, 1.807) is 0 Å². The van der Waals surface area contributed by atoms with Gasteiger partial charge in [0.15, 0.2) is 6.29 Å². The Kier molecular flexibility index (Phi) is 22.0. The summed E-state index contributed by atoms with van der Waals surface area (Å²) in [5, 5.41) is 63.0. The summed E-state index contributed by atoms with van der Waals surface area (Å²) < 4.78 is 10.8. The van der Waals surface area contributed by atoms with Gasteiger partial charge in [-0.3, -0.25) is 4.79 Å². The van der Waals surface area contributed by atoms with Gasteiger partial charge in [0.1, 0.15) is 30.5 Å². The first-order valence-corrected chi connectivity index (χ1v) is 16.3. The number of carbonyl (C=O) groups excluding carboxylic acids is 1. The number of rotatable bonds is 25. The second kappa shape index (κ2) is 23.6. The van der Waals surface area contributed by atoms with Crippen molar-refractivity contribution in [3.63, 3.8) is 0 Å². The fourth-order valence-corrected chi connectivity index (χ4v) is 5.41. The zero-order chi connectivity index (χ0) is 30.5. The first kappa shape index (κ1) is 38.2. The lowest BCUT2D eigenvalue weighted by Crippen LogP contribution is -2.60. The Labute approximate surface area is 247 Å². The average Bonchev–Trinajstić information content (AvgIpc) is 2.95. The lowest BCUT2D eigenvalue weighted by molar-refractivity contribution is -0.303. The van der Waals surface area contributed by atoms with Gasteiger partial charge in [0, 0.05) is 6.92 Å². The standard InChI is InChI=1S/C31H61NO9/c1-3-4-5-6-7-8-9-10-11-12-13-14-15-16-17-18-19-20-25(35)27(36)24(32-23(2)34)22-40-31-30(39)29(38)28(37)26(21-33)41-31/h24-31,33,35-39H,3-22H2,1-2H3,(H,32,34)/t24-,25+,26+,27-,28-,29-,30+,31-/m0/s1. The van der Waals surface area contributed by atoms with E-state index in [9.17, 15) is 35.4 Å². The van der Waals surface area contributed by atoms with Crippen LogP contribution in [0.5, 0.6) is 0 Å². The second-order valence-corrected chi connectivity index (χ2v) is 11.8. The highest BCUT2D eigenvalue weighted by Crippen LogP contribution is 2.23. The number of unbranched alkanes of at least 4 members (excludes halogenated alkanes) is 16. The molecule has 7 N–H and O–H groups in total. The molecule has 10 heteroatoms. The molecule has 1 heterocycles. The van der Waals surface area contributed by atoms with Crippen molar-refractivity contribution in [1.29, 1.82) is 0 Å². The van der Waals surface area contributed by atoms with Gasteiger partial charge >= 0.3 is 0 Å². The number of carbonyl (C=O) groups is 1. The number of amides is 1. The topological polar surface area (TPSA) is 169 Å². The first-order valence-electron chi connectivity index (χ1n) is 16.3. The maximum Gasteiger partial charge on any atom is 0.217 e. The molecule has 1 aliphatic heterocycles. The van der Waals surface area contributed by atoms with E-state index >= 15 is 0 Å². The third-order valence-corrected chi connectivity index (χ3v) is 8.09. The summed E-state index contributed by atoms with van der Waals surface area (Å²) in [6.07, 6.45) is 12.2. The molecule has 8 atom stereocenters. The molecule has 1 rings (SSSR count). The molecule has 10 nitrogen and oxygen atoms in total. The third kappa shape index (κ3) is 16.5. The van der Waals surface area contributed by atoms with Crippen LogP contribution < -0.4 is 5.32 Å². The van der Waals surface area contributed by atoms with Crippen molar-refractivity contribution in [2.45, 2.75) is 178 Å².